The lowest BCUT2D eigenvalue weighted by atomic mass is 9.87. The molecule has 0 spiro atoms. The van der Waals surface area contributed by atoms with Crippen LogP contribution in [0.3, 0.4) is 0 Å². The molecule has 0 unspecified atom stereocenters. The number of rotatable bonds is 14. The summed E-state index contributed by atoms with van der Waals surface area (Å²) >= 11 is 0. The Hall–Kier alpha value is -1.78. The minimum absolute atomic E-state index is 0.0299. The second kappa shape index (κ2) is 14.2. The number of sulfonamides is 2. The van der Waals surface area contributed by atoms with Gasteiger partial charge in [0, 0.05) is 19.6 Å². The van der Waals surface area contributed by atoms with Gasteiger partial charge in [0.1, 0.15) is 0 Å². The van der Waals surface area contributed by atoms with E-state index < -0.39 is 20.0 Å². The van der Waals surface area contributed by atoms with Crippen LogP contribution in [0, 0.1) is 12.8 Å². The van der Waals surface area contributed by atoms with E-state index in [1.807, 2.05) is 19.1 Å². The molecule has 2 N–H and O–H groups in total. The van der Waals surface area contributed by atoms with Crippen LogP contribution in [0.25, 0.3) is 0 Å². The molecule has 7 nitrogen and oxygen atoms in total. The van der Waals surface area contributed by atoms with E-state index in [0.29, 0.717) is 31.8 Å². The van der Waals surface area contributed by atoms with Gasteiger partial charge in [-0.25, -0.2) is 26.3 Å². The Morgan fingerprint density at radius 3 is 1.67 bits per heavy atom. The zero-order chi connectivity index (χ0) is 28.5. The lowest BCUT2D eigenvalue weighted by Gasteiger charge is -2.30. The standard InChI is InChI=1S/C30H47N3O4S2/c1-25-12-16-28(17-13-25)38(34,35)31-20-8-22-33(24-26-10-6-5-7-11-26)23-9-21-32-39(36,37)29-18-14-27(15-19-29)30(2,3)4/h12-19,26,31-32H,5-11,20-24H2,1-4H3. The van der Waals surface area contributed by atoms with E-state index in [0.717, 1.165) is 30.8 Å². The smallest absolute Gasteiger partial charge is 0.240 e. The number of nitrogens with zero attached hydrogens (tertiary/aromatic N) is 1. The second-order valence-electron chi connectivity index (χ2n) is 11.9. The minimum atomic E-state index is -3.56. The maximum Gasteiger partial charge on any atom is 0.240 e. The molecule has 2 aromatic carbocycles. The van der Waals surface area contributed by atoms with Crippen molar-refractivity contribution in [3.05, 3.63) is 59.7 Å². The van der Waals surface area contributed by atoms with E-state index in [2.05, 4.69) is 35.1 Å². The van der Waals surface area contributed by atoms with E-state index in [1.54, 1.807) is 36.4 Å². The Morgan fingerprint density at radius 1 is 0.744 bits per heavy atom. The highest BCUT2D eigenvalue weighted by atomic mass is 32.2. The molecule has 0 atom stereocenters. The summed E-state index contributed by atoms with van der Waals surface area (Å²) in [6.07, 6.45) is 7.69. The summed E-state index contributed by atoms with van der Waals surface area (Å²) < 4.78 is 56.3. The summed E-state index contributed by atoms with van der Waals surface area (Å²) in [5, 5.41) is 0. The largest absolute Gasteiger partial charge is 0.303 e. The first-order valence-corrected chi connectivity index (χ1v) is 17.2. The molecule has 0 radical (unpaired) electrons. The summed E-state index contributed by atoms with van der Waals surface area (Å²) in [6.45, 7) is 11.5. The zero-order valence-electron chi connectivity index (χ0n) is 24.1. The molecule has 9 heteroatoms. The molecule has 1 saturated carbocycles. The Morgan fingerprint density at radius 2 is 1.21 bits per heavy atom. The number of aryl methyl sites for hydroxylation is 1. The van der Waals surface area contributed by atoms with Gasteiger partial charge in [-0.1, -0.05) is 69.9 Å². The summed E-state index contributed by atoms with van der Waals surface area (Å²) in [4.78, 5) is 2.95. The third-order valence-electron chi connectivity index (χ3n) is 7.49. The van der Waals surface area contributed by atoms with E-state index in [1.165, 1.54) is 32.1 Å². The first-order valence-electron chi connectivity index (χ1n) is 14.3. The Labute approximate surface area is 236 Å². The fraction of sp³-hybridized carbons (Fsp3) is 0.600. The molecule has 1 aliphatic carbocycles. The Kier molecular flexibility index (Phi) is 11.6. The van der Waals surface area contributed by atoms with Crippen molar-refractivity contribution in [1.29, 1.82) is 0 Å². The minimum Gasteiger partial charge on any atom is -0.303 e. The van der Waals surface area contributed by atoms with Gasteiger partial charge in [-0.3, -0.25) is 0 Å². The maximum atomic E-state index is 12.8. The zero-order valence-corrected chi connectivity index (χ0v) is 25.7. The molecule has 39 heavy (non-hydrogen) atoms. The highest BCUT2D eigenvalue weighted by Gasteiger charge is 2.20. The molecule has 0 amide bonds. The van der Waals surface area contributed by atoms with E-state index in [4.69, 9.17) is 0 Å². The van der Waals surface area contributed by atoms with Crippen LogP contribution < -0.4 is 9.44 Å². The van der Waals surface area contributed by atoms with Crippen molar-refractivity contribution in [3.63, 3.8) is 0 Å². The number of nitrogens with one attached hydrogen (secondary N) is 2. The highest BCUT2D eigenvalue weighted by Crippen LogP contribution is 2.25. The van der Waals surface area contributed by atoms with Gasteiger partial charge in [-0.2, -0.15) is 0 Å². The Balaban J connectivity index is 1.49. The van der Waals surface area contributed by atoms with Gasteiger partial charge in [0.05, 0.1) is 9.79 Å². The first kappa shape index (κ1) is 31.7. The summed E-state index contributed by atoms with van der Waals surface area (Å²) in [6, 6.07) is 14.0. The molecule has 0 aromatic heterocycles. The third-order valence-corrected chi connectivity index (χ3v) is 10.4. The van der Waals surface area contributed by atoms with E-state index >= 15 is 0 Å². The van der Waals surface area contributed by atoms with Crippen molar-refractivity contribution in [2.45, 2.75) is 87.8 Å². The quantitative estimate of drug-likeness (QED) is 0.301. The van der Waals surface area contributed by atoms with Gasteiger partial charge < -0.3 is 4.90 Å². The molecule has 1 aliphatic rings. The van der Waals surface area contributed by atoms with Crippen molar-refractivity contribution < 1.29 is 16.8 Å². The molecule has 0 saturated heterocycles. The van der Waals surface area contributed by atoms with Gasteiger partial charge in [0.2, 0.25) is 20.0 Å². The Bertz CT molecular complexity index is 1230. The van der Waals surface area contributed by atoms with Crippen LogP contribution in [0.4, 0.5) is 0 Å². The normalized spacial score (nSPS) is 15.6. The third kappa shape index (κ3) is 10.3. The molecule has 0 aliphatic heterocycles. The van der Waals surface area contributed by atoms with Crippen LogP contribution in [-0.4, -0.2) is 54.5 Å². The van der Waals surface area contributed by atoms with Crippen molar-refractivity contribution in [2.24, 2.45) is 5.92 Å². The topological polar surface area (TPSA) is 95.6 Å². The molecule has 0 heterocycles. The highest BCUT2D eigenvalue weighted by molar-refractivity contribution is 7.89. The molecule has 3 rings (SSSR count). The van der Waals surface area contributed by atoms with Crippen molar-refractivity contribution >= 4 is 20.0 Å². The number of hydrogen-bond acceptors (Lipinski definition) is 5. The van der Waals surface area contributed by atoms with Crippen LogP contribution in [0.15, 0.2) is 58.3 Å². The van der Waals surface area contributed by atoms with Crippen molar-refractivity contribution in [3.8, 4) is 0 Å². The molecule has 0 bridgehead atoms. The van der Waals surface area contributed by atoms with E-state index in [9.17, 15) is 16.8 Å². The van der Waals surface area contributed by atoms with Crippen LogP contribution in [0.2, 0.25) is 0 Å². The van der Waals surface area contributed by atoms with E-state index in [-0.39, 0.29) is 15.2 Å². The predicted octanol–water partition coefficient (Wildman–Crippen LogP) is 5.21. The maximum absolute atomic E-state index is 12.8. The van der Waals surface area contributed by atoms with Gasteiger partial charge in [-0.15, -0.1) is 0 Å². The molecular weight excluding hydrogens is 530 g/mol. The molecule has 218 valence electrons. The van der Waals surface area contributed by atoms with Gasteiger partial charge in [0.25, 0.3) is 0 Å². The average Bonchev–Trinajstić information content (AvgIpc) is 2.89. The summed E-state index contributed by atoms with van der Waals surface area (Å²) in [5.41, 5.74) is 2.09. The van der Waals surface area contributed by atoms with Gasteiger partial charge in [0.15, 0.2) is 0 Å². The fourth-order valence-corrected chi connectivity index (χ4v) is 7.21. The predicted molar refractivity (Wildman–Crippen MR) is 159 cm³/mol. The lowest BCUT2D eigenvalue weighted by molar-refractivity contribution is 0.197. The van der Waals surface area contributed by atoms with Gasteiger partial charge >= 0.3 is 0 Å². The summed E-state index contributed by atoms with van der Waals surface area (Å²) in [7, 11) is -7.08. The summed E-state index contributed by atoms with van der Waals surface area (Å²) in [5.74, 6) is 0.654. The second-order valence-corrected chi connectivity index (χ2v) is 15.4. The number of benzene rings is 2. The van der Waals surface area contributed by atoms with Crippen LogP contribution in [-0.2, 0) is 25.5 Å². The van der Waals surface area contributed by atoms with Crippen LogP contribution in [0.5, 0.6) is 0 Å². The fourth-order valence-electron chi connectivity index (χ4n) is 5.07. The monoisotopic (exact) mass is 577 g/mol. The average molecular weight is 578 g/mol. The van der Waals surface area contributed by atoms with Crippen LogP contribution >= 0.6 is 0 Å². The molecular formula is C30H47N3O4S2. The molecule has 2 aromatic rings. The number of hydrogen-bond donors (Lipinski definition) is 2. The van der Waals surface area contributed by atoms with Gasteiger partial charge in [-0.05, 0) is 86.9 Å². The molecule has 1 fully saturated rings. The first-order chi connectivity index (χ1) is 18.4. The van der Waals surface area contributed by atoms with Crippen molar-refractivity contribution in [1.82, 2.24) is 14.3 Å². The van der Waals surface area contributed by atoms with Crippen LogP contribution in [0.1, 0.15) is 76.8 Å². The SMILES string of the molecule is Cc1ccc(S(=O)(=O)NCCCN(CCCNS(=O)(=O)c2ccc(C(C)(C)C)cc2)CC2CCCCC2)cc1. The van der Waals surface area contributed by atoms with Crippen molar-refractivity contribution in [2.75, 3.05) is 32.7 Å². The lowest BCUT2D eigenvalue weighted by Crippen LogP contribution is -2.36.